The molecule has 140 valence electrons. The molecule has 2 atom stereocenters. The van der Waals surface area contributed by atoms with Gasteiger partial charge in [-0.15, -0.1) is 0 Å². The largest absolute Gasteiger partial charge is 0.474 e. The number of benzene rings is 1. The number of aromatic nitrogens is 1. The Balaban J connectivity index is 1.74. The summed E-state index contributed by atoms with van der Waals surface area (Å²) in [5.74, 6) is 0.549. The van der Waals surface area contributed by atoms with Crippen molar-refractivity contribution in [3.8, 4) is 5.88 Å². The van der Waals surface area contributed by atoms with E-state index in [1.54, 1.807) is 24.4 Å². The van der Waals surface area contributed by atoms with Crippen LogP contribution in [0.25, 0.3) is 0 Å². The molecular formula is C19H22Cl2N2O3. The van der Waals surface area contributed by atoms with Crippen LogP contribution < -0.4 is 10.5 Å². The van der Waals surface area contributed by atoms with Gasteiger partial charge in [-0.1, -0.05) is 29.3 Å². The van der Waals surface area contributed by atoms with Gasteiger partial charge in [-0.3, -0.25) is 0 Å². The van der Waals surface area contributed by atoms with E-state index in [1.165, 1.54) is 0 Å². The summed E-state index contributed by atoms with van der Waals surface area (Å²) in [6.07, 6.45) is 2.52. The molecule has 2 aromatic rings. The highest BCUT2D eigenvalue weighted by atomic mass is 35.5. The number of hydrogen-bond acceptors (Lipinski definition) is 5. The van der Waals surface area contributed by atoms with Crippen molar-refractivity contribution in [2.45, 2.75) is 38.0 Å². The molecule has 1 fully saturated rings. The number of aryl methyl sites for hydroxylation is 1. The average molecular weight is 397 g/mol. The Morgan fingerprint density at radius 1 is 1.23 bits per heavy atom. The minimum atomic E-state index is -0.920. The van der Waals surface area contributed by atoms with Crippen molar-refractivity contribution >= 4 is 23.2 Å². The summed E-state index contributed by atoms with van der Waals surface area (Å²) in [4.78, 5) is 4.34. The molecule has 3 rings (SSSR count). The van der Waals surface area contributed by atoms with Gasteiger partial charge in [0.25, 0.3) is 0 Å². The van der Waals surface area contributed by atoms with Gasteiger partial charge in [0.15, 0.2) is 0 Å². The van der Waals surface area contributed by atoms with Crippen LogP contribution in [0.3, 0.4) is 0 Å². The van der Waals surface area contributed by atoms with Gasteiger partial charge in [-0.05, 0) is 30.2 Å². The first-order valence-electron chi connectivity index (χ1n) is 8.55. The SMILES string of the molecule is Cc1cc(OC2CCOCC2)ncc1[C@H](O)[C@H](N)c1ccc(Cl)c(Cl)c1. The smallest absolute Gasteiger partial charge is 0.213 e. The number of ether oxygens (including phenoxy) is 2. The molecule has 0 bridgehead atoms. The van der Waals surface area contributed by atoms with E-state index in [0.29, 0.717) is 40.3 Å². The zero-order chi connectivity index (χ0) is 18.7. The van der Waals surface area contributed by atoms with E-state index in [0.717, 1.165) is 18.4 Å². The number of nitrogens with two attached hydrogens (primary N) is 1. The number of halogens is 2. The third kappa shape index (κ3) is 4.48. The lowest BCUT2D eigenvalue weighted by Crippen LogP contribution is -2.26. The summed E-state index contributed by atoms with van der Waals surface area (Å²) in [6.45, 7) is 3.32. The normalized spacial score (nSPS) is 17.7. The van der Waals surface area contributed by atoms with Crippen molar-refractivity contribution in [2.24, 2.45) is 5.73 Å². The highest BCUT2D eigenvalue weighted by molar-refractivity contribution is 6.42. The number of nitrogens with zero attached hydrogens (tertiary/aromatic N) is 1. The van der Waals surface area contributed by atoms with Gasteiger partial charge in [0.2, 0.25) is 5.88 Å². The minimum absolute atomic E-state index is 0.116. The van der Waals surface area contributed by atoms with Crippen molar-refractivity contribution in [1.82, 2.24) is 4.98 Å². The van der Waals surface area contributed by atoms with Crippen LogP contribution >= 0.6 is 23.2 Å². The summed E-state index contributed by atoms with van der Waals surface area (Å²) in [7, 11) is 0. The van der Waals surface area contributed by atoms with Crippen LogP contribution in [0.1, 0.15) is 41.7 Å². The molecule has 26 heavy (non-hydrogen) atoms. The average Bonchev–Trinajstić information content (AvgIpc) is 2.64. The molecule has 0 aliphatic carbocycles. The Labute approximate surface area is 163 Å². The molecule has 0 radical (unpaired) electrons. The van der Waals surface area contributed by atoms with Crippen LogP contribution in [0.4, 0.5) is 0 Å². The molecule has 2 heterocycles. The van der Waals surface area contributed by atoms with E-state index in [1.807, 2.05) is 13.0 Å². The highest BCUT2D eigenvalue weighted by Crippen LogP contribution is 2.32. The van der Waals surface area contributed by atoms with Crippen molar-refractivity contribution in [2.75, 3.05) is 13.2 Å². The van der Waals surface area contributed by atoms with Gasteiger partial charge in [0, 0.05) is 30.7 Å². The molecular weight excluding hydrogens is 375 g/mol. The number of aliphatic hydroxyl groups is 1. The fourth-order valence-corrected chi connectivity index (χ4v) is 3.28. The quantitative estimate of drug-likeness (QED) is 0.798. The molecule has 1 aliphatic heterocycles. The second-order valence-electron chi connectivity index (χ2n) is 6.45. The van der Waals surface area contributed by atoms with Crippen LogP contribution in [0, 0.1) is 6.92 Å². The monoisotopic (exact) mass is 396 g/mol. The highest BCUT2D eigenvalue weighted by Gasteiger charge is 2.23. The lowest BCUT2D eigenvalue weighted by Gasteiger charge is -2.24. The molecule has 1 aromatic carbocycles. The van der Waals surface area contributed by atoms with Gasteiger partial charge >= 0.3 is 0 Å². The molecule has 7 heteroatoms. The number of rotatable bonds is 5. The summed E-state index contributed by atoms with van der Waals surface area (Å²) in [6, 6.07) is 6.28. The topological polar surface area (TPSA) is 77.6 Å². The first-order chi connectivity index (χ1) is 12.5. The predicted molar refractivity (Wildman–Crippen MR) is 102 cm³/mol. The Kier molecular flexibility index (Phi) is 6.37. The van der Waals surface area contributed by atoms with E-state index in [4.69, 9.17) is 38.4 Å². The lowest BCUT2D eigenvalue weighted by atomic mass is 9.95. The summed E-state index contributed by atoms with van der Waals surface area (Å²) >= 11 is 12.0. The molecule has 3 N–H and O–H groups in total. The first kappa shape index (κ1) is 19.4. The molecule has 0 unspecified atom stereocenters. The Morgan fingerprint density at radius 3 is 2.62 bits per heavy atom. The third-order valence-electron chi connectivity index (χ3n) is 4.57. The Hall–Kier alpha value is -1.37. The van der Waals surface area contributed by atoms with Gasteiger partial charge in [-0.2, -0.15) is 0 Å². The van der Waals surface area contributed by atoms with Gasteiger partial charge in [0.1, 0.15) is 6.10 Å². The number of pyridine rings is 1. The van der Waals surface area contributed by atoms with Crippen LogP contribution in [-0.4, -0.2) is 29.4 Å². The second-order valence-corrected chi connectivity index (χ2v) is 7.27. The predicted octanol–water partition coefficient (Wildman–Crippen LogP) is 3.99. The van der Waals surface area contributed by atoms with Crippen molar-refractivity contribution in [3.63, 3.8) is 0 Å². The van der Waals surface area contributed by atoms with Gasteiger partial charge < -0.3 is 20.3 Å². The van der Waals surface area contributed by atoms with Crippen molar-refractivity contribution < 1.29 is 14.6 Å². The molecule has 0 amide bonds. The van der Waals surface area contributed by atoms with Crippen molar-refractivity contribution in [1.29, 1.82) is 0 Å². The Morgan fingerprint density at radius 2 is 1.96 bits per heavy atom. The molecule has 0 saturated carbocycles. The van der Waals surface area contributed by atoms with Gasteiger partial charge in [-0.25, -0.2) is 4.98 Å². The second kappa shape index (κ2) is 8.55. The minimum Gasteiger partial charge on any atom is -0.474 e. The fraction of sp³-hybridized carbons (Fsp3) is 0.421. The summed E-state index contributed by atoms with van der Waals surface area (Å²) < 4.78 is 11.2. The number of hydrogen-bond donors (Lipinski definition) is 2. The summed E-state index contributed by atoms with van der Waals surface area (Å²) in [5, 5.41) is 11.6. The maximum absolute atomic E-state index is 10.7. The summed E-state index contributed by atoms with van der Waals surface area (Å²) in [5.41, 5.74) is 8.45. The molecule has 1 saturated heterocycles. The fourth-order valence-electron chi connectivity index (χ4n) is 2.97. The van der Waals surface area contributed by atoms with E-state index in [-0.39, 0.29) is 6.10 Å². The molecule has 1 aliphatic rings. The first-order valence-corrected chi connectivity index (χ1v) is 9.31. The maximum atomic E-state index is 10.7. The molecule has 5 nitrogen and oxygen atoms in total. The van der Waals surface area contributed by atoms with Crippen LogP contribution in [0.5, 0.6) is 5.88 Å². The number of aliphatic hydroxyl groups excluding tert-OH is 1. The standard InChI is InChI=1S/C19H22Cl2N2O3/c1-11-8-17(26-13-4-6-25-7-5-13)23-10-14(11)19(24)18(22)12-2-3-15(20)16(21)9-12/h2-3,8-10,13,18-19,24H,4-7,22H2,1H3/t18-,19+/m1/s1. The van der Waals surface area contributed by atoms with E-state index >= 15 is 0 Å². The zero-order valence-corrected chi connectivity index (χ0v) is 16.0. The molecule has 0 spiro atoms. The Bertz CT molecular complexity index is 766. The van der Waals surface area contributed by atoms with E-state index in [9.17, 15) is 5.11 Å². The zero-order valence-electron chi connectivity index (χ0n) is 14.5. The van der Waals surface area contributed by atoms with Crippen LogP contribution in [0.15, 0.2) is 30.5 Å². The maximum Gasteiger partial charge on any atom is 0.213 e. The van der Waals surface area contributed by atoms with E-state index < -0.39 is 12.1 Å². The van der Waals surface area contributed by atoms with Crippen molar-refractivity contribution in [3.05, 3.63) is 57.2 Å². The lowest BCUT2D eigenvalue weighted by molar-refractivity contribution is 0.0236. The van der Waals surface area contributed by atoms with E-state index in [2.05, 4.69) is 4.98 Å². The van der Waals surface area contributed by atoms with Gasteiger partial charge in [0.05, 0.1) is 35.4 Å². The molecule has 1 aromatic heterocycles. The third-order valence-corrected chi connectivity index (χ3v) is 5.31. The van der Waals surface area contributed by atoms with Crippen LogP contribution in [0.2, 0.25) is 10.0 Å². The van der Waals surface area contributed by atoms with Crippen LogP contribution in [-0.2, 0) is 4.74 Å².